The Morgan fingerprint density at radius 3 is 2.21 bits per heavy atom. The molecule has 1 aromatic carbocycles. The number of nitrogens with zero attached hydrogens (tertiary/aromatic N) is 2. The van der Waals surface area contributed by atoms with Crippen LogP contribution in [-0.2, 0) is 25.4 Å². The van der Waals surface area contributed by atoms with E-state index in [4.69, 9.17) is 14.2 Å². The molecule has 5 fully saturated rings. The molecule has 5 aliphatic rings. The number of hydrogen-bond acceptors (Lipinski definition) is 7. The van der Waals surface area contributed by atoms with Gasteiger partial charge in [-0.3, -0.25) is 4.79 Å². The van der Waals surface area contributed by atoms with Crippen LogP contribution in [0.5, 0.6) is 0 Å². The molecule has 1 aliphatic heterocycles. The maximum atomic E-state index is 14.6. The monoisotopic (exact) mass is 583 g/mol. The van der Waals surface area contributed by atoms with Gasteiger partial charge in [-0.25, -0.2) is 29.7 Å². The molecule has 10 heteroatoms. The summed E-state index contributed by atoms with van der Waals surface area (Å²) in [4.78, 5) is 55.7. The summed E-state index contributed by atoms with van der Waals surface area (Å²) in [5.41, 5.74) is 1.61. The van der Waals surface area contributed by atoms with Gasteiger partial charge in [0, 0.05) is 0 Å². The molecule has 42 heavy (non-hydrogen) atoms. The maximum absolute atomic E-state index is 14.6. The second-order valence-corrected chi connectivity index (χ2v) is 14.7. The summed E-state index contributed by atoms with van der Waals surface area (Å²) in [5.74, 6) is 1.08. The zero-order chi connectivity index (χ0) is 30.4. The normalized spacial score (nSPS) is 28.8. The number of amides is 4. The van der Waals surface area contributed by atoms with Gasteiger partial charge >= 0.3 is 18.3 Å². The number of nitrogens with one attached hydrogen (secondary N) is 1. The fraction of sp³-hybridized carbons (Fsp3) is 0.688. The van der Waals surface area contributed by atoms with Crippen LogP contribution in [0, 0.1) is 23.2 Å². The molecular weight excluding hydrogens is 538 g/mol. The van der Waals surface area contributed by atoms with Crippen LogP contribution in [0.2, 0.25) is 0 Å². The molecule has 1 saturated heterocycles. The Hall–Kier alpha value is -3.30. The van der Waals surface area contributed by atoms with Crippen molar-refractivity contribution < 1.29 is 33.4 Å². The molecule has 6 rings (SSSR count). The predicted octanol–water partition coefficient (Wildman–Crippen LogP) is 5.84. The first-order valence-electron chi connectivity index (χ1n) is 15.2. The van der Waals surface area contributed by atoms with Crippen molar-refractivity contribution in [1.29, 1.82) is 0 Å². The molecule has 4 unspecified atom stereocenters. The first-order chi connectivity index (χ1) is 19.6. The number of cyclic esters (lactones) is 1. The topological polar surface area (TPSA) is 114 Å². The van der Waals surface area contributed by atoms with Crippen LogP contribution < -0.4 is 5.43 Å². The first kappa shape index (κ1) is 30.2. The third-order valence-corrected chi connectivity index (χ3v) is 9.07. The lowest BCUT2D eigenvalue weighted by atomic mass is 9.71. The van der Waals surface area contributed by atoms with E-state index < -0.39 is 47.5 Å². The van der Waals surface area contributed by atoms with Gasteiger partial charge in [0.1, 0.15) is 23.9 Å². The van der Waals surface area contributed by atoms with Gasteiger partial charge in [0.2, 0.25) is 0 Å². The third kappa shape index (κ3) is 6.52. The van der Waals surface area contributed by atoms with Crippen LogP contribution in [0.1, 0.15) is 85.6 Å². The number of hydrazine groups is 1. The van der Waals surface area contributed by atoms with Crippen LogP contribution >= 0.6 is 0 Å². The summed E-state index contributed by atoms with van der Waals surface area (Å²) < 4.78 is 16.6. The van der Waals surface area contributed by atoms with E-state index in [1.165, 1.54) is 6.42 Å². The second kappa shape index (κ2) is 11.1. The average molecular weight is 584 g/mol. The standard InChI is InChI=1S/C32H45N3O7/c1-30(2,3)41-27(37)33-35(29(39)42-31(4,5)6)25(18-32-16-21-12-22(17-32)14-23(32)13-21)26(36)34-24(19-40-28(34)38)15-20-10-8-7-9-11-20/h7-11,21-25H,12-19H2,1-6H3,(H,33,37)/t21-,22?,23?,24-,25?,32?/m0/s1. The fourth-order valence-corrected chi connectivity index (χ4v) is 7.86. The molecule has 0 radical (unpaired) electrons. The molecule has 10 nitrogen and oxygen atoms in total. The van der Waals surface area contributed by atoms with Gasteiger partial charge in [-0.05, 0) is 115 Å². The fourth-order valence-electron chi connectivity index (χ4n) is 7.86. The highest BCUT2D eigenvalue weighted by atomic mass is 16.6. The van der Waals surface area contributed by atoms with Crippen molar-refractivity contribution >= 4 is 24.2 Å². The van der Waals surface area contributed by atoms with E-state index in [0.717, 1.165) is 41.2 Å². The van der Waals surface area contributed by atoms with E-state index in [-0.39, 0.29) is 12.0 Å². The lowest BCUT2D eigenvalue weighted by Gasteiger charge is -2.40. The van der Waals surface area contributed by atoms with E-state index in [1.54, 1.807) is 41.5 Å². The molecule has 4 saturated carbocycles. The number of carbonyl (C=O) groups is 4. The van der Waals surface area contributed by atoms with E-state index in [2.05, 4.69) is 5.43 Å². The van der Waals surface area contributed by atoms with Crippen LogP contribution in [0.3, 0.4) is 0 Å². The van der Waals surface area contributed by atoms with Gasteiger partial charge in [0.25, 0.3) is 5.91 Å². The molecule has 1 heterocycles. The summed E-state index contributed by atoms with van der Waals surface area (Å²) in [7, 11) is 0. The minimum atomic E-state index is -1.19. The van der Waals surface area contributed by atoms with E-state index in [1.807, 2.05) is 30.3 Å². The number of rotatable bonds is 6. The van der Waals surface area contributed by atoms with Gasteiger partial charge in [0.05, 0.1) is 6.04 Å². The first-order valence-corrected chi connectivity index (χ1v) is 15.2. The van der Waals surface area contributed by atoms with Gasteiger partial charge in [-0.15, -0.1) is 0 Å². The predicted molar refractivity (Wildman–Crippen MR) is 154 cm³/mol. The Morgan fingerprint density at radius 1 is 1.00 bits per heavy atom. The zero-order valence-electron chi connectivity index (χ0n) is 25.7. The highest BCUT2D eigenvalue weighted by Gasteiger charge is 2.60. The number of imide groups is 1. The molecular formula is C32H45N3O7. The van der Waals surface area contributed by atoms with Crippen LogP contribution in [-0.4, -0.2) is 64.0 Å². The van der Waals surface area contributed by atoms with Crippen molar-refractivity contribution in [2.24, 2.45) is 23.2 Å². The van der Waals surface area contributed by atoms with Crippen molar-refractivity contribution in [2.75, 3.05) is 6.61 Å². The van der Waals surface area contributed by atoms with Crippen molar-refractivity contribution in [3.63, 3.8) is 0 Å². The molecule has 0 spiro atoms. The Morgan fingerprint density at radius 2 is 1.62 bits per heavy atom. The Bertz CT molecular complexity index is 1190. The zero-order valence-corrected chi connectivity index (χ0v) is 25.7. The van der Waals surface area contributed by atoms with Gasteiger partial charge in [-0.2, -0.15) is 0 Å². The number of benzene rings is 1. The lowest BCUT2D eigenvalue weighted by Crippen LogP contribution is -2.61. The summed E-state index contributed by atoms with van der Waals surface area (Å²) in [6, 6.07) is 7.85. The number of carbonyl (C=O) groups excluding carboxylic acids is 4. The van der Waals surface area contributed by atoms with E-state index >= 15 is 0 Å². The maximum Gasteiger partial charge on any atom is 0.430 e. The molecule has 230 valence electrons. The van der Waals surface area contributed by atoms with E-state index in [0.29, 0.717) is 30.6 Å². The summed E-state index contributed by atoms with van der Waals surface area (Å²) in [5, 5.41) is 0.973. The average Bonchev–Trinajstić information content (AvgIpc) is 3.43. The Balaban J connectivity index is 1.50. The molecule has 4 aliphatic carbocycles. The minimum Gasteiger partial charge on any atom is -0.447 e. The SMILES string of the molecule is CC(C)(C)OC(=O)NN(C(=O)OC(C)(C)C)C(CC12CC3CC1C[C@H](C3)C2)C(=O)N1C(=O)OC[C@@H]1Cc1ccccc1. The smallest absolute Gasteiger partial charge is 0.430 e. The van der Waals surface area contributed by atoms with E-state index in [9.17, 15) is 19.2 Å². The number of hydrogen-bond donors (Lipinski definition) is 1. The van der Waals surface area contributed by atoms with Crippen molar-refractivity contribution in [3.8, 4) is 0 Å². The van der Waals surface area contributed by atoms with Gasteiger partial charge in [-0.1, -0.05) is 30.3 Å². The number of ether oxygens (including phenoxy) is 3. The summed E-state index contributed by atoms with van der Waals surface area (Å²) in [6.07, 6.45) is 3.61. The van der Waals surface area contributed by atoms with Crippen molar-refractivity contribution in [2.45, 2.75) is 110 Å². The quantitative estimate of drug-likeness (QED) is 0.331. The molecule has 4 amide bonds. The molecule has 6 atom stereocenters. The summed E-state index contributed by atoms with van der Waals surface area (Å²) in [6.45, 7) is 10.4. The van der Waals surface area contributed by atoms with Crippen molar-refractivity contribution in [3.05, 3.63) is 35.9 Å². The molecule has 0 aromatic heterocycles. The van der Waals surface area contributed by atoms with Gasteiger partial charge < -0.3 is 14.2 Å². The molecule has 1 aromatic rings. The van der Waals surface area contributed by atoms with Crippen molar-refractivity contribution in [1.82, 2.24) is 15.3 Å². The van der Waals surface area contributed by atoms with Crippen LogP contribution in [0.4, 0.5) is 14.4 Å². The Kier molecular flexibility index (Phi) is 7.96. The third-order valence-electron chi connectivity index (χ3n) is 9.07. The molecule has 1 N–H and O–H groups in total. The minimum absolute atomic E-state index is 0.0516. The second-order valence-electron chi connectivity index (χ2n) is 14.7. The van der Waals surface area contributed by atoms with Crippen LogP contribution in [0.25, 0.3) is 0 Å². The van der Waals surface area contributed by atoms with Crippen LogP contribution in [0.15, 0.2) is 30.3 Å². The largest absolute Gasteiger partial charge is 0.447 e. The lowest BCUT2D eigenvalue weighted by molar-refractivity contribution is -0.138. The van der Waals surface area contributed by atoms with Gasteiger partial charge in [0.15, 0.2) is 0 Å². The molecule has 4 bridgehead atoms. The highest BCUT2D eigenvalue weighted by Crippen LogP contribution is 2.67. The highest BCUT2D eigenvalue weighted by molar-refractivity contribution is 5.98. The summed E-state index contributed by atoms with van der Waals surface area (Å²) >= 11 is 0. The Labute approximate surface area is 248 Å².